The van der Waals surface area contributed by atoms with Crippen molar-refractivity contribution >= 4 is 0 Å². The number of hydrogen-bond donors (Lipinski definition) is 1. The molecule has 1 rings (SSSR count). The SMILES string of the molecule is Cc1ccc(C(CN)N(C)C(C)C(C)C)c(C)c1. The van der Waals surface area contributed by atoms with E-state index in [0.717, 1.165) is 0 Å². The zero-order valence-electron chi connectivity index (χ0n) is 12.7. The average Bonchev–Trinajstić information content (AvgIpc) is 2.31. The molecule has 0 spiro atoms. The Balaban J connectivity index is 3.02. The second-order valence-electron chi connectivity index (χ2n) is 5.76. The van der Waals surface area contributed by atoms with E-state index >= 15 is 0 Å². The van der Waals surface area contributed by atoms with Crippen molar-refractivity contribution in [2.24, 2.45) is 11.7 Å². The van der Waals surface area contributed by atoms with Crippen LogP contribution in [0.1, 0.15) is 43.5 Å². The Morgan fingerprint density at radius 1 is 1.17 bits per heavy atom. The molecule has 0 bridgehead atoms. The third kappa shape index (κ3) is 3.33. The van der Waals surface area contributed by atoms with Crippen LogP contribution in [0.3, 0.4) is 0 Å². The predicted molar refractivity (Wildman–Crippen MR) is 79.8 cm³/mol. The third-order valence-electron chi connectivity index (χ3n) is 4.11. The number of aryl methyl sites for hydroxylation is 2. The maximum atomic E-state index is 6.01. The van der Waals surface area contributed by atoms with Gasteiger partial charge in [0.1, 0.15) is 0 Å². The molecule has 1 aromatic carbocycles. The van der Waals surface area contributed by atoms with Crippen LogP contribution in [0.25, 0.3) is 0 Å². The molecule has 2 nitrogen and oxygen atoms in total. The first-order chi connectivity index (χ1) is 8.38. The highest BCUT2D eigenvalue weighted by Gasteiger charge is 2.23. The quantitative estimate of drug-likeness (QED) is 0.866. The summed E-state index contributed by atoms with van der Waals surface area (Å²) in [5.41, 5.74) is 10.0. The highest BCUT2D eigenvalue weighted by atomic mass is 15.2. The standard InChI is InChI=1S/C16H28N2/c1-11(2)14(5)18(6)16(10-17)15-8-7-12(3)9-13(15)4/h7-9,11,14,16H,10,17H2,1-6H3. The van der Waals surface area contributed by atoms with Crippen molar-refractivity contribution in [3.63, 3.8) is 0 Å². The maximum absolute atomic E-state index is 6.01. The summed E-state index contributed by atoms with van der Waals surface area (Å²) >= 11 is 0. The van der Waals surface area contributed by atoms with E-state index in [1.165, 1.54) is 16.7 Å². The first-order valence-corrected chi connectivity index (χ1v) is 6.87. The summed E-state index contributed by atoms with van der Waals surface area (Å²) in [5, 5.41) is 0. The Labute approximate surface area is 112 Å². The van der Waals surface area contributed by atoms with Gasteiger partial charge < -0.3 is 5.73 Å². The van der Waals surface area contributed by atoms with Crippen LogP contribution in [0, 0.1) is 19.8 Å². The van der Waals surface area contributed by atoms with Crippen LogP contribution < -0.4 is 5.73 Å². The molecule has 0 radical (unpaired) electrons. The van der Waals surface area contributed by atoms with E-state index in [0.29, 0.717) is 24.5 Å². The number of nitrogens with zero attached hydrogens (tertiary/aromatic N) is 1. The van der Waals surface area contributed by atoms with Crippen LogP contribution in [-0.4, -0.2) is 24.5 Å². The average molecular weight is 248 g/mol. The van der Waals surface area contributed by atoms with Gasteiger partial charge in [-0.3, -0.25) is 4.90 Å². The largest absolute Gasteiger partial charge is 0.329 e. The van der Waals surface area contributed by atoms with Crippen molar-refractivity contribution < 1.29 is 0 Å². The third-order valence-corrected chi connectivity index (χ3v) is 4.11. The zero-order chi connectivity index (χ0) is 13.9. The zero-order valence-corrected chi connectivity index (χ0v) is 12.7. The van der Waals surface area contributed by atoms with Gasteiger partial charge in [-0.25, -0.2) is 0 Å². The number of hydrogen-bond acceptors (Lipinski definition) is 2. The van der Waals surface area contributed by atoms with E-state index in [1.54, 1.807) is 0 Å². The van der Waals surface area contributed by atoms with Gasteiger partial charge in [0.15, 0.2) is 0 Å². The molecular formula is C16H28N2. The van der Waals surface area contributed by atoms with Crippen molar-refractivity contribution in [3.05, 3.63) is 34.9 Å². The van der Waals surface area contributed by atoms with Crippen LogP contribution in [0.2, 0.25) is 0 Å². The topological polar surface area (TPSA) is 29.3 Å². The second-order valence-corrected chi connectivity index (χ2v) is 5.76. The van der Waals surface area contributed by atoms with Gasteiger partial charge in [0, 0.05) is 18.6 Å². The lowest BCUT2D eigenvalue weighted by Crippen LogP contribution is -2.40. The van der Waals surface area contributed by atoms with Crippen molar-refractivity contribution in [1.29, 1.82) is 0 Å². The monoisotopic (exact) mass is 248 g/mol. The van der Waals surface area contributed by atoms with E-state index in [-0.39, 0.29) is 0 Å². The van der Waals surface area contributed by atoms with E-state index in [4.69, 9.17) is 5.73 Å². The van der Waals surface area contributed by atoms with Crippen molar-refractivity contribution in [1.82, 2.24) is 4.90 Å². The summed E-state index contributed by atoms with van der Waals surface area (Å²) in [6.45, 7) is 11.8. The van der Waals surface area contributed by atoms with Crippen molar-refractivity contribution in [3.8, 4) is 0 Å². The molecule has 0 heterocycles. The number of likely N-dealkylation sites (N-methyl/N-ethyl adjacent to an activating group) is 1. The smallest absolute Gasteiger partial charge is 0.0472 e. The van der Waals surface area contributed by atoms with Crippen LogP contribution in [0.4, 0.5) is 0 Å². The molecule has 2 unspecified atom stereocenters. The second kappa shape index (κ2) is 6.35. The van der Waals surface area contributed by atoms with Crippen molar-refractivity contribution in [2.45, 2.75) is 46.7 Å². The molecule has 0 aliphatic heterocycles. The molecule has 0 aliphatic rings. The number of benzene rings is 1. The molecule has 0 aliphatic carbocycles. The summed E-state index contributed by atoms with van der Waals surface area (Å²) in [5.74, 6) is 0.634. The molecule has 102 valence electrons. The summed E-state index contributed by atoms with van der Waals surface area (Å²) in [6.07, 6.45) is 0. The number of nitrogens with two attached hydrogens (primary N) is 1. The van der Waals surface area contributed by atoms with Gasteiger partial charge in [-0.05, 0) is 44.9 Å². The summed E-state index contributed by atoms with van der Waals surface area (Å²) in [4.78, 5) is 2.41. The van der Waals surface area contributed by atoms with Crippen LogP contribution >= 0.6 is 0 Å². The lowest BCUT2D eigenvalue weighted by atomic mass is 9.95. The Morgan fingerprint density at radius 3 is 2.22 bits per heavy atom. The van der Waals surface area contributed by atoms with Crippen LogP contribution in [0.15, 0.2) is 18.2 Å². The van der Waals surface area contributed by atoms with E-state index in [1.807, 2.05) is 0 Å². The Kier molecular flexibility index (Phi) is 5.36. The molecule has 18 heavy (non-hydrogen) atoms. The molecular weight excluding hydrogens is 220 g/mol. The minimum atomic E-state index is 0.308. The summed E-state index contributed by atoms with van der Waals surface area (Å²) < 4.78 is 0. The van der Waals surface area contributed by atoms with Gasteiger partial charge >= 0.3 is 0 Å². The van der Waals surface area contributed by atoms with E-state index in [9.17, 15) is 0 Å². The van der Waals surface area contributed by atoms with Gasteiger partial charge in [0.2, 0.25) is 0 Å². The fourth-order valence-electron chi connectivity index (χ4n) is 2.47. The van der Waals surface area contributed by atoms with Gasteiger partial charge in [0.25, 0.3) is 0 Å². The highest BCUT2D eigenvalue weighted by molar-refractivity contribution is 5.33. The summed E-state index contributed by atoms with van der Waals surface area (Å²) in [6, 6.07) is 7.48. The Hall–Kier alpha value is -0.860. The fourth-order valence-corrected chi connectivity index (χ4v) is 2.47. The molecule has 0 saturated carbocycles. The molecule has 1 aromatic rings. The van der Waals surface area contributed by atoms with Gasteiger partial charge in [-0.15, -0.1) is 0 Å². The minimum absolute atomic E-state index is 0.308. The maximum Gasteiger partial charge on any atom is 0.0472 e. The molecule has 0 saturated heterocycles. The first-order valence-electron chi connectivity index (χ1n) is 6.87. The van der Waals surface area contributed by atoms with Gasteiger partial charge in [-0.1, -0.05) is 37.6 Å². The highest BCUT2D eigenvalue weighted by Crippen LogP contribution is 2.26. The fraction of sp³-hybridized carbons (Fsp3) is 0.625. The lowest BCUT2D eigenvalue weighted by Gasteiger charge is -2.35. The predicted octanol–water partition coefficient (Wildman–Crippen LogP) is 3.28. The van der Waals surface area contributed by atoms with Crippen LogP contribution in [-0.2, 0) is 0 Å². The molecule has 0 fully saturated rings. The minimum Gasteiger partial charge on any atom is -0.329 e. The molecule has 0 amide bonds. The molecule has 2 atom stereocenters. The van der Waals surface area contributed by atoms with Gasteiger partial charge in [0.05, 0.1) is 0 Å². The normalized spacial score (nSPS) is 15.2. The first kappa shape index (κ1) is 15.2. The van der Waals surface area contributed by atoms with E-state index < -0.39 is 0 Å². The Morgan fingerprint density at radius 2 is 1.78 bits per heavy atom. The van der Waals surface area contributed by atoms with Crippen LogP contribution in [0.5, 0.6) is 0 Å². The van der Waals surface area contributed by atoms with Crippen molar-refractivity contribution in [2.75, 3.05) is 13.6 Å². The van der Waals surface area contributed by atoms with Gasteiger partial charge in [-0.2, -0.15) is 0 Å². The summed E-state index contributed by atoms with van der Waals surface area (Å²) in [7, 11) is 2.18. The lowest BCUT2D eigenvalue weighted by molar-refractivity contribution is 0.151. The molecule has 2 N–H and O–H groups in total. The molecule has 2 heteroatoms. The number of rotatable bonds is 5. The molecule has 0 aromatic heterocycles. The Bertz CT molecular complexity index is 385. The van der Waals surface area contributed by atoms with E-state index in [2.05, 4.69) is 64.8 Å².